The van der Waals surface area contributed by atoms with E-state index in [4.69, 9.17) is 15.2 Å². The summed E-state index contributed by atoms with van der Waals surface area (Å²) >= 11 is 0. The van der Waals surface area contributed by atoms with Crippen molar-refractivity contribution >= 4 is 29.8 Å². The molecule has 1 unspecified atom stereocenters. The number of amides is 3. The van der Waals surface area contributed by atoms with Gasteiger partial charge in [-0.2, -0.15) is 0 Å². The van der Waals surface area contributed by atoms with Crippen LogP contribution in [0.2, 0.25) is 0 Å². The molecule has 4 aromatic rings. The van der Waals surface area contributed by atoms with Crippen LogP contribution < -0.4 is 11.1 Å². The Labute approximate surface area is 289 Å². The Morgan fingerprint density at radius 1 is 0.700 bits per heavy atom. The lowest BCUT2D eigenvalue weighted by Gasteiger charge is -2.27. The summed E-state index contributed by atoms with van der Waals surface area (Å²) in [6.45, 7) is -0.0120. The fourth-order valence-electron chi connectivity index (χ4n) is 4.57. The van der Waals surface area contributed by atoms with Gasteiger partial charge in [-0.25, -0.2) is 23.7 Å². The van der Waals surface area contributed by atoms with Crippen molar-refractivity contribution in [2.24, 2.45) is 5.73 Å². The minimum atomic E-state index is -1.32. The first kappa shape index (κ1) is 38.6. The number of aliphatic carboxylic acids is 1. The van der Waals surface area contributed by atoms with Crippen LogP contribution in [0.4, 0.5) is 14.0 Å². The summed E-state index contributed by atoms with van der Waals surface area (Å²) in [5.74, 6) is -2.80. The molecule has 0 aromatic heterocycles. The molecule has 3 amide bonds. The highest BCUT2D eigenvalue weighted by molar-refractivity contribution is 6.00. The van der Waals surface area contributed by atoms with Gasteiger partial charge in [-0.15, -0.1) is 0 Å². The molecule has 4 N–H and O–H groups in total. The molecule has 262 valence electrons. The molecule has 0 heterocycles. The van der Waals surface area contributed by atoms with E-state index in [0.717, 1.165) is 16.7 Å². The highest BCUT2D eigenvalue weighted by Crippen LogP contribution is 2.12. The molecule has 11 nitrogen and oxygen atoms in total. The van der Waals surface area contributed by atoms with Crippen molar-refractivity contribution in [3.05, 3.63) is 144 Å². The molecule has 0 bridgehead atoms. The Balaban J connectivity index is 0.000000278. The van der Waals surface area contributed by atoms with E-state index < -0.39 is 54.6 Å². The number of benzene rings is 4. The lowest BCUT2D eigenvalue weighted by Crippen LogP contribution is -2.54. The van der Waals surface area contributed by atoms with Gasteiger partial charge < -0.3 is 25.6 Å². The van der Waals surface area contributed by atoms with Gasteiger partial charge in [0.25, 0.3) is 0 Å². The molecule has 50 heavy (non-hydrogen) atoms. The van der Waals surface area contributed by atoms with Gasteiger partial charge in [0.1, 0.15) is 32.0 Å². The number of nitrogens with one attached hydrogen (secondary N) is 1. The van der Waals surface area contributed by atoms with Crippen molar-refractivity contribution in [3.8, 4) is 0 Å². The number of nitrogens with two attached hydrogens (primary N) is 1. The Kier molecular flexibility index (Phi) is 15.8. The van der Waals surface area contributed by atoms with Crippen LogP contribution in [0.1, 0.15) is 29.2 Å². The number of Topliss-reactive ketones (excluding diaryl/α,β-unsaturated/α-hetero) is 1. The van der Waals surface area contributed by atoms with E-state index in [1.165, 1.54) is 6.92 Å². The number of nitrogens with zero attached hydrogens (tertiary/aromatic N) is 1. The van der Waals surface area contributed by atoms with E-state index in [2.05, 4.69) is 5.32 Å². The number of hydrogen-bond donors (Lipinski definition) is 3. The van der Waals surface area contributed by atoms with E-state index in [-0.39, 0.29) is 26.1 Å². The highest BCUT2D eigenvalue weighted by atomic mass is 19.1. The quantitative estimate of drug-likeness (QED) is 0.161. The van der Waals surface area contributed by atoms with Crippen molar-refractivity contribution in [2.75, 3.05) is 6.67 Å². The van der Waals surface area contributed by atoms with E-state index in [1.54, 1.807) is 48.5 Å². The summed E-state index contributed by atoms with van der Waals surface area (Å²) in [4.78, 5) is 60.7. The summed E-state index contributed by atoms with van der Waals surface area (Å²) in [6, 6.07) is 32.8. The van der Waals surface area contributed by atoms with Crippen LogP contribution in [-0.4, -0.2) is 64.7 Å². The number of ether oxygens (including phenoxy) is 2. The van der Waals surface area contributed by atoms with Crippen LogP contribution >= 0.6 is 0 Å². The third-order valence-corrected chi connectivity index (χ3v) is 7.33. The van der Waals surface area contributed by atoms with E-state index in [9.17, 15) is 33.5 Å². The Morgan fingerprint density at radius 3 is 1.56 bits per heavy atom. The zero-order chi connectivity index (χ0) is 36.3. The maximum absolute atomic E-state index is 12.9. The van der Waals surface area contributed by atoms with Crippen LogP contribution in [0.25, 0.3) is 0 Å². The predicted octanol–water partition coefficient (Wildman–Crippen LogP) is 5.26. The first-order chi connectivity index (χ1) is 24.1. The van der Waals surface area contributed by atoms with Gasteiger partial charge in [-0.1, -0.05) is 121 Å². The summed E-state index contributed by atoms with van der Waals surface area (Å²) in [6.07, 6.45) is -1.41. The molecule has 0 radical (unpaired) electrons. The molecule has 0 fully saturated rings. The second-order valence-corrected chi connectivity index (χ2v) is 11.1. The van der Waals surface area contributed by atoms with Crippen molar-refractivity contribution < 1.29 is 42.9 Å². The number of ketones is 1. The molecule has 12 heteroatoms. The average molecular weight is 686 g/mol. The number of hydrogen-bond acceptors (Lipinski definition) is 8. The summed E-state index contributed by atoms with van der Waals surface area (Å²) in [7, 11) is 0. The van der Waals surface area contributed by atoms with Crippen molar-refractivity contribution in [2.45, 2.75) is 51.1 Å². The fraction of sp³-hybridized carbons (Fsp3) is 0.237. The summed E-state index contributed by atoms with van der Waals surface area (Å²) in [5.41, 5.74) is 9.15. The van der Waals surface area contributed by atoms with Gasteiger partial charge in [0.2, 0.25) is 5.91 Å². The third kappa shape index (κ3) is 13.0. The number of carboxylic acids is 1. The van der Waals surface area contributed by atoms with Crippen molar-refractivity contribution in [1.29, 1.82) is 0 Å². The lowest BCUT2D eigenvalue weighted by molar-refractivity contribution is -0.139. The minimum absolute atomic E-state index is 0.0894. The van der Waals surface area contributed by atoms with Gasteiger partial charge in [-0.05, 0) is 35.6 Å². The number of rotatable bonds is 14. The number of alkyl halides is 1. The monoisotopic (exact) mass is 685 g/mol. The average Bonchev–Trinajstić information content (AvgIpc) is 3.14. The molecule has 0 spiro atoms. The SMILES string of the molecule is C[C@@H](C(=O)CF)N(C(=O)OCc1ccccc1)C(=O)[C@@H](N)Cc1ccccc1.O=C(NC(Cc1ccccc1)C(=O)O)OCc1ccccc1. The molecule has 0 saturated carbocycles. The standard InChI is InChI=1S/C21H23FN2O4.C17H17NO4/c1-15(19(25)13-22)24(21(27)28-14-17-10-6-3-7-11-17)20(26)18(23)12-16-8-4-2-5-9-16;19-16(20)15(11-13-7-3-1-4-8-13)18-17(21)22-12-14-9-5-2-6-10-14/h2-11,15,18H,12-14,23H2,1H3;1-10,15H,11-12H2,(H,18,21)(H,19,20)/t15-,18-;/m0./s1. The van der Waals surface area contributed by atoms with Gasteiger partial charge >= 0.3 is 18.2 Å². The number of alkyl carbamates (subject to hydrolysis) is 1. The van der Waals surface area contributed by atoms with Gasteiger partial charge in [-0.3, -0.25) is 9.59 Å². The fourth-order valence-corrected chi connectivity index (χ4v) is 4.57. The number of imide groups is 1. The van der Waals surface area contributed by atoms with Crippen molar-refractivity contribution in [3.63, 3.8) is 0 Å². The third-order valence-electron chi connectivity index (χ3n) is 7.33. The number of carbonyl (C=O) groups excluding carboxylic acids is 4. The van der Waals surface area contributed by atoms with E-state index in [0.29, 0.717) is 10.5 Å². The normalized spacial score (nSPS) is 12.1. The van der Waals surface area contributed by atoms with E-state index in [1.807, 2.05) is 72.8 Å². The molecular weight excluding hydrogens is 645 g/mol. The van der Waals surface area contributed by atoms with Crippen LogP contribution in [0.5, 0.6) is 0 Å². The van der Waals surface area contributed by atoms with Crippen LogP contribution in [0, 0.1) is 0 Å². The summed E-state index contributed by atoms with van der Waals surface area (Å²) < 4.78 is 23.0. The molecule has 0 aliphatic carbocycles. The number of halogens is 1. The molecule has 0 saturated heterocycles. The second-order valence-electron chi connectivity index (χ2n) is 11.1. The molecule has 3 atom stereocenters. The van der Waals surface area contributed by atoms with Gasteiger partial charge in [0.05, 0.1) is 6.04 Å². The Morgan fingerprint density at radius 2 is 1.12 bits per heavy atom. The first-order valence-electron chi connectivity index (χ1n) is 15.7. The maximum Gasteiger partial charge on any atom is 0.417 e. The number of carbonyl (C=O) groups is 5. The smallest absolute Gasteiger partial charge is 0.417 e. The molecule has 0 aliphatic rings. The van der Waals surface area contributed by atoms with Crippen molar-refractivity contribution in [1.82, 2.24) is 10.2 Å². The molecule has 0 aliphatic heterocycles. The molecule has 4 rings (SSSR count). The van der Waals surface area contributed by atoms with Crippen LogP contribution in [0.15, 0.2) is 121 Å². The lowest BCUT2D eigenvalue weighted by atomic mass is 10.0. The Bertz CT molecular complexity index is 1660. The van der Waals surface area contributed by atoms with E-state index >= 15 is 0 Å². The molecular formula is C38H40FN3O8. The zero-order valence-electron chi connectivity index (χ0n) is 27.5. The summed E-state index contributed by atoms with van der Waals surface area (Å²) in [5, 5.41) is 11.6. The molecule has 4 aromatic carbocycles. The maximum atomic E-state index is 12.9. The second kappa shape index (κ2) is 20.5. The Hall–Kier alpha value is -5.88. The topological polar surface area (TPSA) is 165 Å². The highest BCUT2D eigenvalue weighted by Gasteiger charge is 2.35. The minimum Gasteiger partial charge on any atom is -0.480 e. The van der Waals surface area contributed by atoms with Crippen LogP contribution in [-0.2, 0) is 49.9 Å². The largest absolute Gasteiger partial charge is 0.480 e. The van der Waals surface area contributed by atoms with Gasteiger partial charge in [0, 0.05) is 6.42 Å². The first-order valence-corrected chi connectivity index (χ1v) is 15.7. The zero-order valence-corrected chi connectivity index (χ0v) is 27.5. The predicted molar refractivity (Wildman–Crippen MR) is 183 cm³/mol. The number of carboxylic acid groups (broad SMARTS) is 1. The van der Waals surface area contributed by atoms with Crippen LogP contribution in [0.3, 0.4) is 0 Å². The van der Waals surface area contributed by atoms with Gasteiger partial charge in [0.15, 0.2) is 5.78 Å².